The summed E-state index contributed by atoms with van der Waals surface area (Å²) in [5.74, 6) is 1.31. The zero-order valence-electron chi connectivity index (χ0n) is 11.5. The summed E-state index contributed by atoms with van der Waals surface area (Å²) in [6.45, 7) is 3.60. The van der Waals surface area contributed by atoms with Crippen LogP contribution in [0.4, 0.5) is 5.69 Å². The van der Waals surface area contributed by atoms with Crippen LogP contribution in [0.3, 0.4) is 0 Å². The quantitative estimate of drug-likeness (QED) is 0.864. The number of hydrogen-bond acceptors (Lipinski definition) is 4. The van der Waals surface area contributed by atoms with Gasteiger partial charge in [0.25, 0.3) is 0 Å². The first-order valence-corrected chi connectivity index (χ1v) is 7.33. The van der Waals surface area contributed by atoms with Crippen LogP contribution >= 0.6 is 23.2 Å². The van der Waals surface area contributed by atoms with Gasteiger partial charge in [-0.25, -0.2) is 4.98 Å². The van der Waals surface area contributed by atoms with Crippen LogP contribution < -0.4 is 14.8 Å². The number of fused-ring (bicyclic) bond motifs is 1. The van der Waals surface area contributed by atoms with Gasteiger partial charge in [-0.1, -0.05) is 23.2 Å². The van der Waals surface area contributed by atoms with E-state index in [4.69, 9.17) is 32.7 Å². The van der Waals surface area contributed by atoms with Crippen LogP contribution in [0.5, 0.6) is 11.5 Å². The lowest BCUT2D eigenvalue weighted by atomic mass is 10.2. The second-order valence-electron chi connectivity index (χ2n) is 4.79. The zero-order chi connectivity index (χ0) is 14.8. The summed E-state index contributed by atoms with van der Waals surface area (Å²) < 4.78 is 11.1. The predicted octanol–water partition coefficient (Wildman–Crippen LogP) is 4.08. The van der Waals surface area contributed by atoms with E-state index in [1.165, 1.54) is 0 Å². The van der Waals surface area contributed by atoms with E-state index in [2.05, 4.69) is 10.3 Å². The molecule has 21 heavy (non-hydrogen) atoms. The molecule has 2 aromatic rings. The van der Waals surface area contributed by atoms with Crippen LogP contribution in [0.2, 0.25) is 10.2 Å². The number of nitrogens with zero attached hydrogens (tertiary/aromatic N) is 1. The lowest BCUT2D eigenvalue weighted by molar-refractivity contribution is 0.171. The fraction of sp³-hybridized carbons (Fsp3) is 0.267. The van der Waals surface area contributed by atoms with Gasteiger partial charge in [-0.15, -0.1) is 0 Å². The SMILES string of the molecule is Cc1cc(NCc2cc(Cl)c3c(c2)OCCO3)cnc1Cl. The number of aryl methyl sites for hydroxylation is 1. The molecule has 0 spiro atoms. The van der Waals surface area contributed by atoms with Crippen LogP contribution in [0.1, 0.15) is 11.1 Å². The maximum absolute atomic E-state index is 6.21. The van der Waals surface area contributed by atoms with Gasteiger partial charge in [0.15, 0.2) is 11.5 Å². The highest BCUT2D eigenvalue weighted by atomic mass is 35.5. The molecule has 0 unspecified atom stereocenters. The topological polar surface area (TPSA) is 43.4 Å². The highest BCUT2D eigenvalue weighted by Gasteiger charge is 2.16. The molecule has 2 heterocycles. The summed E-state index contributed by atoms with van der Waals surface area (Å²) in [6, 6.07) is 5.76. The minimum Gasteiger partial charge on any atom is -0.486 e. The van der Waals surface area contributed by atoms with Crippen LogP contribution in [-0.4, -0.2) is 18.2 Å². The van der Waals surface area contributed by atoms with Crippen molar-refractivity contribution >= 4 is 28.9 Å². The summed E-state index contributed by atoms with van der Waals surface area (Å²) >= 11 is 12.1. The van der Waals surface area contributed by atoms with E-state index < -0.39 is 0 Å². The van der Waals surface area contributed by atoms with Crippen molar-refractivity contribution in [1.29, 1.82) is 0 Å². The van der Waals surface area contributed by atoms with Crippen molar-refractivity contribution in [2.75, 3.05) is 18.5 Å². The third-order valence-electron chi connectivity index (χ3n) is 3.17. The third-order valence-corrected chi connectivity index (χ3v) is 3.84. The van der Waals surface area contributed by atoms with Crippen molar-refractivity contribution in [1.82, 2.24) is 4.98 Å². The molecule has 0 saturated heterocycles. The Morgan fingerprint density at radius 3 is 2.81 bits per heavy atom. The van der Waals surface area contributed by atoms with Gasteiger partial charge in [-0.2, -0.15) is 0 Å². The van der Waals surface area contributed by atoms with Gasteiger partial charge in [0.05, 0.1) is 16.9 Å². The molecule has 4 nitrogen and oxygen atoms in total. The van der Waals surface area contributed by atoms with Crippen molar-refractivity contribution in [2.24, 2.45) is 0 Å². The number of ether oxygens (including phenoxy) is 2. The monoisotopic (exact) mass is 324 g/mol. The minimum atomic E-state index is 0.517. The van der Waals surface area contributed by atoms with E-state index in [9.17, 15) is 0 Å². The smallest absolute Gasteiger partial charge is 0.179 e. The Labute approximate surface area is 133 Å². The average Bonchev–Trinajstić information content (AvgIpc) is 2.49. The molecule has 1 N–H and O–H groups in total. The maximum Gasteiger partial charge on any atom is 0.179 e. The minimum absolute atomic E-state index is 0.517. The first kappa shape index (κ1) is 14.3. The zero-order valence-corrected chi connectivity index (χ0v) is 13.0. The molecule has 110 valence electrons. The number of aromatic nitrogens is 1. The molecule has 0 aliphatic carbocycles. The number of benzene rings is 1. The standard InChI is InChI=1S/C15H14Cl2N2O2/c1-9-4-11(8-19-15(9)17)18-7-10-5-12(16)14-13(6-10)20-2-3-21-14/h4-6,8,18H,2-3,7H2,1H3. The van der Waals surface area contributed by atoms with E-state index in [0.29, 0.717) is 41.4 Å². The van der Waals surface area contributed by atoms with E-state index in [1.807, 2.05) is 25.1 Å². The molecule has 0 bridgehead atoms. The first-order chi connectivity index (χ1) is 10.1. The molecule has 3 rings (SSSR count). The van der Waals surface area contributed by atoms with E-state index in [-0.39, 0.29) is 0 Å². The average molecular weight is 325 g/mol. The Bertz CT molecular complexity index is 677. The highest BCUT2D eigenvalue weighted by molar-refractivity contribution is 6.32. The Morgan fingerprint density at radius 2 is 2.00 bits per heavy atom. The second kappa shape index (κ2) is 6.00. The fourth-order valence-corrected chi connectivity index (χ4v) is 2.52. The summed E-state index contributed by atoms with van der Waals surface area (Å²) in [4.78, 5) is 4.11. The third kappa shape index (κ3) is 3.17. The van der Waals surface area contributed by atoms with E-state index in [0.717, 1.165) is 16.8 Å². The van der Waals surface area contributed by atoms with E-state index in [1.54, 1.807) is 6.20 Å². The van der Waals surface area contributed by atoms with Crippen molar-refractivity contribution in [3.05, 3.63) is 45.7 Å². The van der Waals surface area contributed by atoms with Crippen LogP contribution in [0, 0.1) is 6.92 Å². The Balaban J connectivity index is 1.76. The summed E-state index contributed by atoms with van der Waals surface area (Å²) in [5.41, 5.74) is 2.85. The molecule has 0 atom stereocenters. The first-order valence-electron chi connectivity index (χ1n) is 6.57. The summed E-state index contributed by atoms with van der Waals surface area (Å²) in [5, 5.41) is 4.37. The van der Waals surface area contributed by atoms with Crippen molar-refractivity contribution in [3.8, 4) is 11.5 Å². The molecule has 1 aliphatic heterocycles. The van der Waals surface area contributed by atoms with Crippen molar-refractivity contribution in [3.63, 3.8) is 0 Å². The molecular weight excluding hydrogens is 311 g/mol. The van der Waals surface area contributed by atoms with Crippen LogP contribution in [0.15, 0.2) is 24.4 Å². The van der Waals surface area contributed by atoms with Crippen molar-refractivity contribution < 1.29 is 9.47 Å². The molecule has 1 aromatic heterocycles. The lowest BCUT2D eigenvalue weighted by Gasteiger charge is -2.20. The van der Waals surface area contributed by atoms with Crippen LogP contribution in [-0.2, 0) is 6.54 Å². The highest BCUT2D eigenvalue weighted by Crippen LogP contribution is 2.38. The number of rotatable bonds is 3. The van der Waals surface area contributed by atoms with Gasteiger partial charge >= 0.3 is 0 Å². The number of pyridine rings is 1. The number of anilines is 1. The van der Waals surface area contributed by atoms with E-state index >= 15 is 0 Å². The van der Waals surface area contributed by atoms with Gasteiger partial charge < -0.3 is 14.8 Å². The number of halogens is 2. The summed E-state index contributed by atoms with van der Waals surface area (Å²) in [7, 11) is 0. The normalized spacial score (nSPS) is 13.1. The maximum atomic E-state index is 6.21. The van der Waals surface area contributed by atoms with Crippen molar-refractivity contribution in [2.45, 2.75) is 13.5 Å². The Morgan fingerprint density at radius 1 is 1.19 bits per heavy atom. The molecular formula is C15H14Cl2N2O2. The van der Waals surface area contributed by atoms with Gasteiger partial charge in [0.1, 0.15) is 18.4 Å². The van der Waals surface area contributed by atoms with Crippen LogP contribution in [0.25, 0.3) is 0 Å². The van der Waals surface area contributed by atoms with Gasteiger partial charge in [-0.3, -0.25) is 0 Å². The number of hydrogen-bond donors (Lipinski definition) is 1. The molecule has 0 saturated carbocycles. The molecule has 0 fully saturated rings. The molecule has 1 aliphatic rings. The second-order valence-corrected chi connectivity index (χ2v) is 5.55. The molecule has 0 amide bonds. The number of nitrogens with one attached hydrogen (secondary N) is 1. The summed E-state index contributed by atoms with van der Waals surface area (Å²) in [6.07, 6.45) is 1.70. The van der Waals surface area contributed by atoms with Gasteiger partial charge in [0, 0.05) is 6.54 Å². The molecule has 1 aromatic carbocycles. The lowest BCUT2D eigenvalue weighted by Crippen LogP contribution is -2.16. The predicted molar refractivity (Wildman–Crippen MR) is 83.8 cm³/mol. The molecule has 0 radical (unpaired) electrons. The Hall–Kier alpha value is -1.65. The van der Waals surface area contributed by atoms with Gasteiger partial charge in [-0.05, 0) is 36.2 Å². The Kier molecular flexibility index (Phi) is 4.08. The largest absolute Gasteiger partial charge is 0.486 e. The fourth-order valence-electron chi connectivity index (χ4n) is 2.13. The van der Waals surface area contributed by atoms with Gasteiger partial charge in [0.2, 0.25) is 0 Å². The molecule has 6 heteroatoms.